The highest BCUT2D eigenvalue weighted by Gasteiger charge is 2.33. The van der Waals surface area contributed by atoms with Crippen LogP contribution in [0, 0.1) is 11.6 Å². The van der Waals surface area contributed by atoms with Crippen molar-refractivity contribution >= 4 is 27.5 Å². The van der Waals surface area contributed by atoms with E-state index in [4.69, 9.17) is 0 Å². The number of hydrogen-bond donors (Lipinski definition) is 0. The first-order valence-electron chi connectivity index (χ1n) is 9.19. The minimum atomic E-state index is -0.924. The molecule has 142 valence electrons. The molecular formula is C21H16BrF2N3O. The molecular weight excluding hydrogens is 428 g/mol. The van der Waals surface area contributed by atoms with Crippen LogP contribution in [0.1, 0.15) is 33.7 Å². The zero-order chi connectivity index (χ0) is 19.4. The summed E-state index contributed by atoms with van der Waals surface area (Å²) in [5.74, 6) is -1.96. The fraction of sp³-hybridized carbons (Fsp3) is 0.238. The fourth-order valence-corrected chi connectivity index (χ4v) is 4.56. The Kier molecular flexibility index (Phi) is 4.08. The first-order chi connectivity index (χ1) is 13.5. The topological polar surface area (TPSA) is 38.1 Å². The Balaban J connectivity index is 1.57. The van der Waals surface area contributed by atoms with Crippen molar-refractivity contribution in [1.82, 2.24) is 9.78 Å². The second kappa shape index (κ2) is 6.51. The predicted molar refractivity (Wildman–Crippen MR) is 105 cm³/mol. The van der Waals surface area contributed by atoms with Gasteiger partial charge in [0, 0.05) is 34.0 Å². The molecule has 0 saturated heterocycles. The summed E-state index contributed by atoms with van der Waals surface area (Å²) in [7, 11) is 0. The Morgan fingerprint density at radius 3 is 2.71 bits per heavy atom. The van der Waals surface area contributed by atoms with E-state index < -0.39 is 11.6 Å². The highest BCUT2D eigenvalue weighted by atomic mass is 79.9. The van der Waals surface area contributed by atoms with Crippen LogP contribution in [-0.4, -0.2) is 22.2 Å². The maximum absolute atomic E-state index is 13.7. The van der Waals surface area contributed by atoms with Crippen molar-refractivity contribution in [2.24, 2.45) is 0 Å². The summed E-state index contributed by atoms with van der Waals surface area (Å²) in [6.45, 7) is 0.609. The largest absolute Gasteiger partial charge is 0.306 e. The Morgan fingerprint density at radius 1 is 1.04 bits per heavy atom. The number of nitrogens with zero attached hydrogens (tertiary/aromatic N) is 3. The quantitative estimate of drug-likeness (QED) is 0.580. The second-order valence-corrected chi connectivity index (χ2v) is 8.03. The van der Waals surface area contributed by atoms with Crippen LogP contribution in [0.25, 0.3) is 5.69 Å². The molecule has 2 heterocycles. The van der Waals surface area contributed by atoms with Crippen LogP contribution in [0.4, 0.5) is 14.5 Å². The molecule has 0 fully saturated rings. The molecule has 4 nitrogen and oxygen atoms in total. The van der Waals surface area contributed by atoms with E-state index in [1.54, 1.807) is 9.58 Å². The molecule has 5 rings (SSSR count). The van der Waals surface area contributed by atoms with Gasteiger partial charge in [-0.3, -0.25) is 4.79 Å². The van der Waals surface area contributed by atoms with Crippen molar-refractivity contribution in [2.75, 3.05) is 11.4 Å². The number of rotatable bonds is 2. The van der Waals surface area contributed by atoms with E-state index in [9.17, 15) is 13.6 Å². The van der Waals surface area contributed by atoms with E-state index in [0.29, 0.717) is 17.9 Å². The minimum absolute atomic E-state index is 0.138. The maximum Gasteiger partial charge on any atom is 0.279 e. The summed E-state index contributed by atoms with van der Waals surface area (Å²) in [5, 5.41) is 4.53. The normalized spacial score (nSPS) is 15.0. The van der Waals surface area contributed by atoms with Gasteiger partial charge in [0.1, 0.15) is 0 Å². The van der Waals surface area contributed by atoms with Crippen molar-refractivity contribution < 1.29 is 13.6 Å². The van der Waals surface area contributed by atoms with Crippen molar-refractivity contribution in [2.45, 2.75) is 25.7 Å². The van der Waals surface area contributed by atoms with Crippen molar-refractivity contribution in [3.63, 3.8) is 0 Å². The molecule has 1 aliphatic carbocycles. The first kappa shape index (κ1) is 17.6. The van der Waals surface area contributed by atoms with E-state index in [-0.39, 0.29) is 5.91 Å². The Hall–Kier alpha value is -2.54. The van der Waals surface area contributed by atoms with Crippen LogP contribution in [0.3, 0.4) is 0 Å². The summed E-state index contributed by atoms with van der Waals surface area (Å²) in [5.41, 5.74) is 4.70. The highest BCUT2D eigenvalue weighted by molar-refractivity contribution is 9.10. The van der Waals surface area contributed by atoms with Crippen LogP contribution in [0.15, 0.2) is 40.9 Å². The SMILES string of the molecule is O=C(c1nn(-c2ccc(F)c(F)c2)c2c1CCC2)N1CCc2cc(Br)ccc21. The zero-order valence-corrected chi connectivity index (χ0v) is 16.5. The summed E-state index contributed by atoms with van der Waals surface area (Å²) in [6, 6.07) is 9.60. The standard InChI is InChI=1S/C21H16BrF2N3O/c22-13-4-7-18-12(10-13)8-9-26(18)21(28)20-15-2-1-3-19(15)27(25-20)14-5-6-16(23)17(24)11-14/h4-7,10-11H,1-3,8-9H2. The molecule has 0 radical (unpaired) electrons. The minimum Gasteiger partial charge on any atom is -0.306 e. The number of aromatic nitrogens is 2. The molecule has 2 aromatic carbocycles. The number of fused-ring (bicyclic) bond motifs is 2. The van der Waals surface area contributed by atoms with Gasteiger partial charge in [-0.1, -0.05) is 15.9 Å². The predicted octanol–water partition coefficient (Wildman–Crippen LogP) is 4.60. The molecule has 3 aromatic rings. The third kappa shape index (κ3) is 2.68. The van der Waals surface area contributed by atoms with E-state index >= 15 is 0 Å². The van der Waals surface area contributed by atoms with E-state index in [2.05, 4.69) is 21.0 Å². The van der Waals surface area contributed by atoms with E-state index in [0.717, 1.165) is 64.8 Å². The molecule has 0 N–H and O–H groups in total. The number of benzene rings is 2. The lowest BCUT2D eigenvalue weighted by atomic mass is 10.1. The molecule has 0 bridgehead atoms. The Bertz CT molecular complexity index is 1130. The third-order valence-corrected chi connectivity index (χ3v) is 5.96. The van der Waals surface area contributed by atoms with Gasteiger partial charge in [-0.25, -0.2) is 13.5 Å². The van der Waals surface area contributed by atoms with Crippen LogP contribution in [0.2, 0.25) is 0 Å². The zero-order valence-electron chi connectivity index (χ0n) is 14.9. The Morgan fingerprint density at radius 2 is 1.89 bits per heavy atom. The van der Waals surface area contributed by atoms with Gasteiger partial charge in [0.05, 0.1) is 5.69 Å². The molecule has 0 saturated carbocycles. The molecule has 2 aliphatic rings. The number of anilines is 1. The van der Waals surface area contributed by atoms with Gasteiger partial charge in [-0.15, -0.1) is 0 Å². The lowest BCUT2D eigenvalue weighted by Gasteiger charge is -2.16. The third-order valence-electron chi connectivity index (χ3n) is 5.46. The van der Waals surface area contributed by atoms with Crippen molar-refractivity contribution in [1.29, 1.82) is 0 Å². The van der Waals surface area contributed by atoms with Gasteiger partial charge in [0.15, 0.2) is 17.3 Å². The molecule has 1 amide bonds. The summed E-state index contributed by atoms with van der Waals surface area (Å²) >= 11 is 3.47. The van der Waals surface area contributed by atoms with Gasteiger partial charge < -0.3 is 4.90 Å². The van der Waals surface area contributed by atoms with E-state index in [1.165, 1.54) is 6.07 Å². The monoisotopic (exact) mass is 443 g/mol. The molecule has 1 aromatic heterocycles. The van der Waals surface area contributed by atoms with E-state index in [1.807, 2.05) is 18.2 Å². The molecule has 1 aliphatic heterocycles. The number of halogens is 3. The Labute approximate surface area is 168 Å². The van der Waals surface area contributed by atoms with Gasteiger partial charge in [-0.2, -0.15) is 5.10 Å². The smallest absolute Gasteiger partial charge is 0.279 e. The average Bonchev–Trinajstić information content (AvgIpc) is 3.37. The molecule has 0 unspecified atom stereocenters. The highest BCUT2D eigenvalue weighted by Crippen LogP contribution is 2.34. The van der Waals surface area contributed by atoms with Crippen LogP contribution < -0.4 is 4.90 Å². The van der Waals surface area contributed by atoms with Gasteiger partial charge in [0.25, 0.3) is 5.91 Å². The number of amides is 1. The number of carbonyl (C=O) groups is 1. The van der Waals surface area contributed by atoms with Crippen molar-refractivity contribution in [3.8, 4) is 5.69 Å². The van der Waals surface area contributed by atoms with Crippen molar-refractivity contribution in [3.05, 3.63) is 75.0 Å². The molecule has 0 spiro atoms. The molecule has 0 atom stereocenters. The van der Waals surface area contributed by atoms with Gasteiger partial charge >= 0.3 is 0 Å². The van der Waals surface area contributed by atoms with Gasteiger partial charge in [0.2, 0.25) is 0 Å². The fourth-order valence-electron chi connectivity index (χ4n) is 4.15. The van der Waals surface area contributed by atoms with Crippen LogP contribution in [-0.2, 0) is 19.3 Å². The van der Waals surface area contributed by atoms with Crippen LogP contribution in [0.5, 0.6) is 0 Å². The average molecular weight is 444 g/mol. The second-order valence-electron chi connectivity index (χ2n) is 7.12. The van der Waals surface area contributed by atoms with Crippen LogP contribution >= 0.6 is 15.9 Å². The molecule has 7 heteroatoms. The van der Waals surface area contributed by atoms with Gasteiger partial charge in [-0.05, 0) is 61.6 Å². The summed E-state index contributed by atoms with van der Waals surface area (Å²) in [6.07, 6.45) is 3.24. The summed E-state index contributed by atoms with van der Waals surface area (Å²) < 4.78 is 29.6. The lowest BCUT2D eigenvalue weighted by molar-refractivity contribution is 0.0983. The summed E-state index contributed by atoms with van der Waals surface area (Å²) in [4.78, 5) is 15.1. The number of carbonyl (C=O) groups excluding carboxylic acids is 1. The lowest BCUT2D eigenvalue weighted by Crippen LogP contribution is -2.30. The molecule has 28 heavy (non-hydrogen) atoms. The first-order valence-corrected chi connectivity index (χ1v) is 9.99. The maximum atomic E-state index is 13.7. The number of hydrogen-bond acceptors (Lipinski definition) is 2.